The van der Waals surface area contributed by atoms with Gasteiger partial charge in [-0.3, -0.25) is 0 Å². The van der Waals surface area contributed by atoms with Crippen molar-refractivity contribution in [3.05, 3.63) is 33.8 Å². The molecule has 3 heteroatoms. The third-order valence-electron chi connectivity index (χ3n) is 4.92. The summed E-state index contributed by atoms with van der Waals surface area (Å²) in [4.78, 5) is 0. The van der Waals surface area contributed by atoms with Crippen LogP contribution in [0.2, 0.25) is 10.0 Å². The lowest BCUT2D eigenvalue weighted by Crippen LogP contribution is -2.20. The number of hydrogen-bond acceptors (Lipinski definition) is 1. The van der Waals surface area contributed by atoms with E-state index in [1.54, 1.807) is 6.07 Å². The summed E-state index contributed by atoms with van der Waals surface area (Å²) in [5.41, 5.74) is 0.963. The van der Waals surface area contributed by atoms with Gasteiger partial charge < -0.3 is 5.11 Å². The minimum atomic E-state index is -0.291. The first-order chi connectivity index (χ1) is 9.11. The lowest BCUT2D eigenvalue weighted by atomic mass is 9.84. The molecule has 1 aromatic rings. The Morgan fingerprint density at radius 3 is 2.74 bits per heavy atom. The lowest BCUT2D eigenvalue weighted by Gasteiger charge is -2.24. The standard InChI is InChI=1S/C16H20Cl2O/c17-14-3-4-16(18)13(7-14)9-15(19)8-12-6-10-1-2-11(12)5-10/h3-4,7,10-12,15,19H,1-2,5-6,8-9H2. The fourth-order valence-corrected chi connectivity index (χ4v) is 4.44. The maximum atomic E-state index is 10.3. The molecule has 104 valence electrons. The molecule has 1 N–H and O–H groups in total. The molecule has 0 saturated heterocycles. The quantitative estimate of drug-likeness (QED) is 0.852. The van der Waals surface area contributed by atoms with Crippen molar-refractivity contribution >= 4 is 23.2 Å². The van der Waals surface area contributed by atoms with Gasteiger partial charge in [-0.25, -0.2) is 0 Å². The summed E-state index contributed by atoms with van der Waals surface area (Å²) in [6.07, 6.45) is 6.76. The first-order valence-electron chi connectivity index (χ1n) is 7.24. The zero-order valence-corrected chi connectivity index (χ0v) is 12.5. The monoisotopic (exact) mass is 298 g/mol. The smallest absolute Gasteiger partial charge is 0.0583 e. The van der Waals surface area contributed by atoms with Gasteiger partial charge in [-0.15, -0.1) is 0 Å². The molecule has 2 saturated carbocycles. The van der Waals surface area contributed by atoms with Crippen molar-refractivity contribution in [2.45, 2.75) is 44.6 Å². The first kappa shape index (κ1) is 13.7. The minimum absolute atomic E-state index is 0.291. The van der Waals surface area contributed by atoms with Gasteiger partial charge in [0.15, 0.2) is 0 Å². The van der Waals surface area contributed by atoms with Crippen LogP contribution in [-0.2, 0) is 6.42 Å². The second-order valence-electron chi connectivity index (χ2n) is 6.26. The summed E-state index contributed by atoms with van der Waals surface area (Å²) in [5, 5.41) is 11.7. The van der Waals surface area contributed by atoms with Crippen LogP contribution in [0.1, 0.15) is 37.7 Å². The molecule has 19 heavy (non-hydrogen) atoms. The van der Waals surface area contributed by atoms with Crippen LogP contribution in [0.5, 0.6) is 0 Å². The van der Waals surface area contributed by atoms with E-state index in [9.17, 15) is 5.11 Å². The van der Waals surface area contributed by atoms with Gasteiger partial charge in [-0.2, -0.15) is 0 Å². The molecule has 0 spiro atoms. The predicted molar refractivity (Wildman–Crippen MR) is 79.7 cm³/mol. The Morgan fingerprint density at radius 1 is 1.21 bits per heavy atom. The number of benzene rings is 1. The van der Waals surface area contributed by atoms with E-state index >= 15 is 0 Å². The number of aliphatic hydroxyl groups excluding tert-OH is 1. The number of hydrogen-bond donors (Lipinski definition) is 1. The molecule has 1 aromatic carbocycles. The fourth-order valence-electron chi connectivity index (χ4n) is 4.05. The predicted octanol–water partition coefficient (Wildman–Crippen LogP) is 4.72. The Balaban J connectivity index is 1.59. The lowest BCUT2D eigenvalue weighted by molar-refractivity contribution is 0.124. The van der Waals surface area contributed by atoms with Crippen molar-refractivity contribution in [2.75, 3.05) is 0 Å². The molecule has 4 atom stereocenters. The van der Waals surface area contributed by atoms with Gasteiger partial charge in [0.1, 0.15) is 0 Å². The number of aliphatic hydroxyl groups is 1. The Labute approximate surface area is 124 Å². The molecule has 2 bridgehead atoms. The van der Waals surface area contributed by atoms with Gasteiger partial charge in [-0.05, 0) is 73.6 Å². The third kappa shape index (κ3) is 3.09. The summed E-state index contributed by atoms with van der Waals surface area (Å²) < 4.78 is 0. The van der Waals surface area contributed by atoms with E-state index in [1.807, 2.05) is 12.1 Å². The van der Waals surface area contributed by atoms with Crippen LogP contribution in [-0.4, -0.2) is 11.2 Å². The second kappa shape index (κ2) is 5.63. The zero-order chi connectivity index (χ0) is 13.4. The van der Waals surface area contributed by atoms with Crippen molar-refractivity contribution in [3.63, 3.8) is 0 Å². The molecular formula is C16H20Cl2O. The van der Waals surface area contributed by atoms with E-state index in [0.29, 0.717) is 16.5 Å². The minimum Gasteiger partial charge on any atom is -0.393 e. The average Bonchev–Trinajstić information content (AvgIpc) is 2.96. The summed E-state index contributed by atoms with van der Waals surface area (Å²) in [5.74, 6) is 2.54. The van der Waals surface area contributed by atoms with E-state index in [0.717, 1.165) is 29.7 Å². The summed E-state index contributed by atoms with van der Waals surface area (Å²) in [7, 11) is 0. The topological polar surface area (TPSA) is 20.2 Å². The molecule has 3 rings (SSSR count). The Bertz CT molecular complexity index is 460. The SMILES string of the molecule is OC(Cc1cc(Cl)ccc1Cl)CC1CC2CCC1C2. The summed E-state index contributed by atoms with van der Waals surface area (Å²) >= 11 is 12.1. The molecule has 0 amide bonds. The van der Waals surface area contributed by atoms with Crippen LogP contribution in [0, 0.1) is 17.8 Å². The molecule has 0 aliphatic heterocycles. The first-order valence-corrected chi connectivity index (χ1v) is 7.99. The van der Waals surface area contributed by atoms with Gasteiger partial charge in [0, 0.05) is 10.0 Å². The Morgan fingerprint density at radius 2 is 2.05 bits per heavy atom. The molecule has 1 nitrogen and oxygen atoms in total. The Kier molecular flexibility index (Phi) is 4.07. The van der Waals surface area contributed by atoms with E-state index < -0.39 is 0 Å². The molecule has 2 aliphatic carbocycles. The maximum absolute atomic E-state index is 10.3. The van der Waals surface area contributed by atoms with Gasteiger partial charge in [0.05, 0.1) is 6.10 Å². The maximum Gasteiger partial charge on any atom is 0.0583 e. The van der Waals surface area contributed by atoms with Gasteiger partial charge in [0.2, 0.25) is 0 Å². The molecule has 2 fully saturated rings. The average molecular weight is 299 g/mol. The van der Waals surface area contributed by atoms with Crippen molar-refractivity contribution in [2.24, 2.45) is 17.8 Å². The summed E-state index contributed by atoms with van der Waals surface area (Å²) in [6, 6.07) is 5.47. The Hall–Kier alpha value is -0.240. The van der Waals surface area contributed by atoms with E-state index in [-0.39, 0.29) is 6.10 Å². The van der Waals surface area contributed by atoms with Gasteiger partial charge in [0.25, 0.3) is 0 Å². The number of rotatable bonds is 4. The fraction of sp³-hybridized carbons (Fsp3) is 0.625. The molecule has 4 unspecified atom stereocenters. The highest BCUT2D eigenvalue weighted by Crippen LogP contribution is 2.50. The van der Waals surface area contributed by atoms with Crippen LogP contribution in [0.25, 0.3) is 0 Å². The summed E-state index contributed by atoms with van der Waals surface area (Å²) in [6.45, 7) is 0. The van der Waals surface area contributed by atoms with Crippen LogP contribution >= 0.6 is 23.2 Å². The highest BCUT2D eigenvalue weighted by molar-refractivity contribution is 6.33. The van der Waals surface area contributed by atoms with E-state index in [4.69, 9.17) is 23.2 Å². The number of fused-ring (bicyclic) bond motifs is 2. The van der Waals surface area contributed by atoms with Crippen molar-refractivity contribution < 1.29 is 5.11 Å². The van der Waals surface area contributed by atoms with E-state index in [2.05, 4.69) is 0 Å². The van der Waals surface area contributed by atoms with Gasteiger partial charge in [-0.1, -0.05) is 29.6 Å². The van der Waals surface area contributed by atoms with Crippen molar-refractivity contribution in [3.8, 4) is 0 Å². The highest BCUT2D eigenvalue weighted by Gasteiger charge is 2.39. The number of halogens is 2. The molecule has 2 aliphatic rings. The van der Waals surface area contributed by atoms with Crippen LogP contribution < -0.4 is 0 Å². The molecular weight excluding hydrogens is 279 g/mol. The third-order valence-corrected chi connectivity index (χ3v) is 5.53. The molecule has 0 heterocycles. The zero-order valence-electron chi connectivity index (χ0n) is 11.0. The van der Waals surface area contributed by atoms with Crippen LogP contribution in [0.15, 0.2) is 18.2 Å². The highest BCUT2D eigenvalue weighted by atomic mass is 35.5. The second-order valence-corrected chi connectivity index (χ2v) is 7.11. The van der Waals surface area contributed by atoms with Crippen molar-refractivity contribution in [1.29, 1.82) is 0 Å². The van der Waals surface area contributed by atoms with Crippen LogP contribution in [0.4, 0.5) is 0 Å². The normalized spacial score (nSPS) is 30.8. The molecule has 0 aromatic heterocycles. The van der Waals surface area contributed by atoms with Gasteiger partial charge >= 0.3 is 0 Å². The largest absolute Gasteiger partial charge is 0.393 e. The molecule has 0 radical (unpaired) electrons. The van der Waals surface area contributed by atoms with E-state index in [1.165, 1.54) is 25.7 Å². The van der Waals surface area contributed by atoms with Crippen molar-refractivity contribution in [1.82, 2.24) is 0 Å². The van der Waals surface area contributed by atoms with Crippen LogP contribution in [0.3, 0.4) is 0 Å².